The van der Waals surface area contributed by atoms with Gasteiger partial charge in [0.25, 0.3) is 0 Å². The van der Waals surface area contributed by atoms with Crippen LogP contribution in [-0.2, 0) is 0 Å². The van der Waals surface area contributed by atoms with E-state index in [0.29, 0.717) is 0 Å². The zero-order chi connectivity index (χ0) is 15.0. The van der Waals surface area contributed by atoms with Gasteiger partial charge in [0, 0.05) is 6.04 Å². The van der Waals surface area contributed by atoms with Crippen molar-refractivity contribution < 1.29 is 13.5 Å². The fourth-order valence-corrected chi connectivity index (χ4v) is 2.05. The maximum atomic E-state index is 12.0. The molecule has 1 aromatic rings. The van der Waals surface area contributed by atoms with Crippen molar-refractivity contribution in [2.24, 2.45) is 5.92 Å². The van der Waals surface area contributed by atoms with Crippen LogP contribution in [0, 0.1) is 5.92 Å². The fourth-order valence-electron chi connectivity index (χ4n) is 2.05. The molecule has 2 nitrogen and oxygen atoms in total. The Kier molecular flexibility index (Phi) is 7.52. The van der Waals surface area contributed by atoms with E-state index in [9.17, 15) is 8.78 Å². The lowest BCUT2D eigenvalue weighted by Crippen LogP contribution is -2.19. The Balaban J connectivity index is 2.30. The van der Waals surface area contributed by atoms with E-state index in [1.54, 1.807) is 12.1 Å². The van der Waals surface area contributed by atoms with Gasteiger partial charge in [-0.2, -0.15) is 8.78 Å². The van der Waals surface area contributed by atoms with Gasteiger partial charge >= 0.3 is 6.61 Å². The molecule has 0 saturated carbocycles. The average Bonchev–Trinajstić information content (AvgIpc) is 2.38. The Morgan fingerprint density at radius 2 is 1.70 bits per heavy atom. The molecule has 1 N–H and O–H groups in total. The van der Waals surface area contributed by atoms with Gasteiger partial charge in [0.2, 0.25) is 0 Å². The van der Waals surface area contributed by atoms with Crippen LogP contribution in [0.15, 0.2) is 24.3 Å². The molecule has 0 aliphatic carbocycles. The van der Waals surface area contributed by atoms with Crippen LogP contribution in [0.1, 0.15) is 51.6 Å². The van der Waals surface area contributed by atoms with Crippen molar-refractivity contribution in [1.82, 2.24) is 5.32 Å². The number of ether oxygens (including phenoxy) is 1. The number of hydrogen-bond donors (Lipinski definition) is 1. The topological polar surface area (TPSA) is 21.3 Å². The molecule has 0 aliphatic rings. The highest BCUT2D eigenvalue weighted by Crippen LogP contribution is 2.19. The second kappa shape index (κ2) is 8.90. The number of halogens is 2. The Morgan fingerprint density at radius 3 is 2.25 bits per heavy atom. The average molecular weight is 285 g/mol. The molecule has 1 rings (SSSR count). The molecule has 1 aromatic carbocycles. The van der Waals surface area contributed by atoms with Crippen molar-refractivity contribution in [3.05, 3.63) is 29.8 Å². The molecule has 0 fully saturated rings. The highest BCUT2D eigenvalue weighted by molar-refractivity contribution is 5.28. The molecular weight excluding hydrogens is 260 g/mol. The zero-order valence-electron chi connectivity index (χ0n) is 12.5. The van der Waals surface area contributed by atoms with Crippen LogP contribution in [0.3, 0.4) is 0 Å². The third-order valence-electron chi connectivity index (χ3n) is 3.26. The van der Waals surface area contributed by atoms with E-state index >= 15 is 0 Å². The molecule has 0 amide bonds. The summed E-state index contributed by atoms with van der Waals surface area (Å²) in [5.74, 6) is 0.961. The molecule has 1 atom stereocenters. The van der Waals surface area contributed by atoms with Gasteiger partial charge in [-0.15, -0.1) is 0 Å². The summed E-state index contributed by atoms with van der Waals surface area (Å²) in [7, 11) is 0. The number of unbranched alkanes of at least 4 members (excludes halogenated alkanes) is 1. The van der Waals surface area contributed by atoms with Crippen molar-refractivity contribution in [2.75, 3.05) is 6.54 Å². The van der Waals surface area contributed by atoms with Crippen LogP contribution in [0.25, 0.3) is 0 Å². The van der Waals surface area contributed by atoms with Gasteiger partial charge in [-0.3, -0.25) is 0 Å². The first-order chi connectivity index (χ1) is 9.49. The predicted octanol–water partition coefficient (Wildman–Crippen LogP) is 4.76. The Morgan fingerprint density at radius 1 is 1.05 bits per heavy atom. The molecule has 0 heterocycles. The van der Waals surface area contributed by atoms with Gasteiger partial charge < -0.3 is 10.1 Å². The molecule has 1 unspecified atom stereocenters. The SMILES string of the molecule is CC(C)CCCCNC(C)c1ccc(OC(F)F)cc1. The largest absolute Gasteiger partial charge is 0.435 e. The van der Waals surface area contributed by atoms with E-state index in [1.807, 2.05) is 12.1 Å². The highest BCUT2D eigenvalue weighted by Gasteiger charge is 2.07. The van der Waals surface area contributed by atoms with Crippen LogP contribution in [0.4, 0.5) is 8.78 Å². The Labute approximate surface area is 120 Å². The summed E-state index contributed by atoms with van der Waals surface area (Å²) >= 11 is 0. The number of benzene rings is 1. The molecule has 0 aliphatic heterocycles. The molecule has 0 radical (unpaired) electrons. The summed E-state index contributed by atoms with van der Waals surface area (Å²) < 4.78 is 28.4. The van der Waals surface area contributed by atoms with Gasteiger partial charge in [0.1, 0.15) is 5.75 Å². The molecule has 114 valence electrons. The third kappa shape index (κ3) is 6.85. The predicted molar refractivity (Wildman–Crippen MR) is 78.2 cm³/mol. The number of alkyl halides is 2. The summed E-state index contributed by atoms with van der Waals surface area (Å²) in [6, 6.07) is 7.03. The minimum Gasteiger partial charge on any atom is -0.435 e. The molecular formula is C16H25F2NO. The lowest BCUT2D eigenvalue weighted by molar-refractivity contribution is -0.0498. The summed E-state index contributed by atoms with van der Waals surface area (Å²) in [4.78, 5) is 0. The summed E-state index contributed by atoms with van der Waals surface area (Å²) in [5, 5.41) is 3.44. The number of nitrogens with one attached hydrogen (secondary N) is 1. The lowest BCUT2D eigenvalue weighted by Gasteiger charge is -2.15. The summed E-state index contributed by atoms with van der Waals surface area (Å²) in [5.41, 5.74) is 1.08. The fraction of sp³-hybridized carbons (Fsp3) is 0.625. The minimum absolute atomic E-state index is 0.202. The normalized spacial score (nSPS) is 12.9. The van der Waals surface area contributed by atoms with E-state index in [-0.39, 0.29) is 11.8 Å². The van der Waals surface area contributed by atoms with Gasteiger partial charge in [-0.25, -0.2) is 0 Å². The smallest absolute Gasteiger partial charge is 0.387 e. The van der Waals surface area contributed by atoms with Crippen molar-refractivity contribution in [1.29, 1.82) is 0 Å². The van der Waals surface area contributed by atoms with Crippen LogP contribution in [-0.4, -0.2) is 13.2 Å². The van der Waals surface area contributed by atoms with E-state index < -0.39 is 6.61 Å². The van der Waals surface area contributed by atoms with Crippen molar-refractivity contribution in [3.8, 4) is 5.75 Å². The molecule has 20 heavy (non-hydrogen) atoms. The maximum Gasteiger partial charge on any atom is 0.387 e. The summed E-state index contributed by atoms with van der Waals surface area (Å²) in [6.07, 6.45) is 3.66. The standard InChI is InChI=1S/C16H25F2NO/c1-12(2)6-4-5-11-19-13(3)14-7-9-15(10-8-14)20-16(17)18/h7-10,12-13,16,19H,4-6,11H2,1-3H3. The van der Waals surface area contributed by atoms with E-state index in [0.717, 1.165) is 24.4 Å². The first kappa shape index (κ1) is 16.9. The second-order valence-electron chi connectivity index (χ2n) is 5.51. The van der Waals surface area contributed by atoms with E-state index in [1.165, 1.54) is 12.8 Å². The first-order valence-electron chi connectivity index (χ1n) is 7.27. The van der Waals surface area contributed by atoms with Crippen molar-refractivity contribution in [2.45, 2.75) is 52.7 Å². The molecule has 0 bridgehead atoms. The first-order valence-corrected chi connectivity index (χ1v) is 7.27. The number of hydrogen-bond acceptors (Lipinski definition) is 2. The Bertz CT molecular complexity index is 365. The van der Waals surface area contributed by atoms with Crippen molar-refractivity contribution >= 4 is 0 Å². The maximum absolute atomic E-state index is 12.0. The third-order valence-corrected chi connectivity index (χ3v) is 3.26. The highest BCUT2D eigenvalue weighted by atomic mass is 19.3. The second-order valence-corrected chi connectivity index (χ2v) is 5.51. The molecule has 0 saturated heterocycles. The van der Waals surface area contributed by atoms with Crippen LogP contribution < -0.4 is 10.1 Å². The Hall–Kier alpha value is -1.16. The summed E-state index contributed by atoms with van der Waals surface area (Å²) in [6.45, 7) is 4.75. The molecule has 0 spiro atoms. The zero-order valence-corrected chi connectivity index (χ0v) is 12.5. The quantitative estimate of drug-likeness (QED) is 0.660. The molecule has 0 aromatic heterocycles. The van der Waals surface area contributed by atoms with Gasteiger partial charge in [-0.1, -0.05) is 38.8 Å². The monoisotopic (exact) mass is 285 g/mol. The van der Waals surface area contributed by atoms with E-state index in [4.69, 9.17) is 0 Å². The van der Waals surface area contributed by atoms with Crippen LogP contribution in [0.5, 0.6) is 5.75 Å². The van der Waals surface area contributed by atoms with Gasteiger partial charge in [-0.05, 0) is 43.5 Å². The van der Waals surface area contributed by atoms with Crippen molar-refractivity contribution in [3.63, 3.8) is 0 Å². The van der Waals surface area contributed by atoms with Gasteiger partial charge in [0.15, 0.2) is 0 Å². The molecule has 4 heteroatoms. The van der Waals surface area contributed by atoms with Gasteiger partial charge in [0.05, 0.1) is 0 Å². The minimum atomic E-state index is -2.77. The van der Waals surface area contributed by atoms with E-state index in [2.05, 4.69) is 30.8 Å². The van der Waals surface area contributed by atoms with Crippen LogP contribution >= 0.6 is 0 Å². The van der Waals surface area contributed by atoms with Crippen LogP contribution in [0.2, 0.25) is 0 Å². The number of rotatable bonds is 9. The lowest BCUT2D eigenvalue weighted by atomic mass is 10.1.